The highest BCUT2D eigenvalue weighted by molar-refractivity contribution is 6.02. The van der Waals surface area contributed by atoms with Crippen LogP contribution in [0.25, 0.3) is 22.0 Å². The Morgan fingerprint density at radius 3 is 2.50 bits per heavy atom. The predicted molar refractivity (Wildman–Crippen MR) is 162 cm³/mol. The van der Waals surface area contributed by atoms with Gasteiger partial charge in [0.1, 0.15) is 11.7 Å². The molecule has 11 rings (SSSR count). The zero-order valence-electron chi connectivity index (χ0n) is 24.7. The first-order valence-corrected chi connectivity index (χ1v) is 16.1. The molecule has 0 saturated heterocycles. The topological polar surface area (TPSA) is 95.9 Å². The number of carbonyl (C=O) groups is 1. The third-order valence-electron chi connectivity index (χ3n) is 11.8. The second-order valence-corrected chi connectivity index (χ2v) is 14.6. The summed E-state index contributed by atoms with van der Waals surface area (Å²) in [6.45, 7) is 0.638. The summed E-state index contributed by atoms with van der Waals surface area (Å²) in [5, 5.41) is 14.9. The molecule has 4 bridgehead atoms. The van der Waals surface area contributed by atoms with Crippen molar-refractivity contribution in [1.82, 2.24) is 15.1 Å². The molecule has 0 aliphatic heterocycles. The first kappa shape index (κ1) is 26.3. The van der Waals surface area contributed by atoms with Gasteiger partial charge in [0.15, 0.2) is 5.82 Å². The van der Waals surface area contributed by atoms with Crippen LogP contribution in [0, 0.1) is 22.2 Å². The number of rotatable bonds is 7. The van der Waals surface area contributed by atoms with Gasteiger partial charge in [-0.1, -0.05) is 29.4 Å². The third-order valence-corrected chi connectivity index (χ3v) is 11.8. The van der Waals surface area contributed by atoms with E-state index in [1.165, 1.54) is 0 Å². The Bertz CT molecular complexity index is 1840. The minimum atomic E-state index is -1.14. The van der Waals surface area contributed by atoms with Gasteiger partial charge >= 0.3 is 0 Å². The molecule has 8 heteroatoms. The Labute approximate surface area is 255 Å². The highest BCUT2D eigenvalue weighted by atomic mass is 19.1. The van der Waals surface area contributed by atoms with Gasteiger partial charge in [-0.15, -0.1) is 0 Å². The van der Waals surface area contributed by atoms with E-state index in [4.69, 9.17) is 9.51 Å². The highest BCUT2D eigenvalue weighted by Gasteiger charge is 2.73. The van der Waals surface area contributed by atoms with Gasteiger partial charge in [-0.25, -0.2) is 4.39 Å². The number of alkyl halides is 1. The number of hydrogen-bond acceptors (Lipinski definition) is 6. The summed E-state index contributed by atoms with van der Waals surface area (Å²) in [4.78, 5) is 25.7. The Hall–Kier alpha value is -4.12. The molecule has 0 unspecified atom stereocenters. The van der Waals surface area contributed by atoms with Gasteiger partial charge in [-0.3, -0.25) is 9.78 Å². The van der Waals surface area contributed by atoms with Gasteiger partial charge in [0, 0.05) is 35.1 Å². The lowest BCUT2D eigenvalue weighted by molar-refractivity contribution is -0.211. The van der Waals surface area contributed by atoms with Gasteiger partial charge in [0.05, 0.1) is 16.5 Å². The second-order valence-electron chi connectivity index (χ2n) is 14.6. The van der Waals surface area contributed by atoms with Crippen LogP contribution in [0.2, 0.25) is 0 Å². The van der Waals surface area contributed by atoms with Crippen LogP contribution in [0.4, 0.5) is 10.1 Å². The molecule has 222 valence electrons. The molecule has 0 spiro atoms. The number of nitriles is 1. The fraction of sp³-hybridized carbons (Fsp3) is 0.472. The molecule has 7 aliphatic rings. The minimum Gasteiger partial charge on any atom is -0.339 e. The van der Waals surface area contributed by atoms with Crippen molar-refractivity contribution in [2.75, 3.05) is 11.4 Å². The lowest BCUT2D eigenvalue weighted by Crippen LogP contribution is -2.71. The van der Waals surface area contributed by atoms with Crippen molar-refractivity contribution in [3.63, 3.8) is 0 Å². The summed E-state index contributed by atoms with van der Waals surface area (Å²) < 4.78 is 20.5. The summed E-state index contributed by atoms with van der Waals surface area (Å²) >= 11 is 0. The molecule has 4 aromatic rings. The van der Waals surface area contributed by atoms with Crippen molar-refractivity contribution in [3.8, 4) is 17.2 Å². The van der Waals surface area contributed by atoms with Gasteiger partial charge in [0.2, 0.25) is 11.8 Å². The van der Waals surface area contributed by atoms with E-state index < -0.39 is 11.1 Å². The maximum atomic E-state index is 14.7. The molecule has 7 aliphatic carbocycles. The van der Waals surface area contributed by atoms with Crippen LogP contribution in [-0.4, -0.2) is 33.2 Å². The molecule has 2 heterocycles. The maximum Gasteiger partial charge on any atom is 0.233 e. The smallest absolute Gasteiger partial charge is 0.233 e. The van der Waals surface area contributed by atoms with Gasteiger partial charge in [0.25, 0.3) is 0 Å². The summed E-state index contributed by atoms with van der Waals surface area (Å²) in [6.07, 6.45) is 11.0. The first-order chi connectivity index (χ1) is 21.3. The highest BCUT2D eigenvalue weighted by Crippen LogP contribution is 2.70. The molecule has 7 fully saturated rings. The summed E-state index contributed by atoms with van der Waals surface area (Å²) in [5.41, 5.74) is 2.25. The number of pyridine rings is 1. The van der Waals surface area contributed by atoms with Crippen LogP contribution in [-0.2, 0) is 10.2 Å². The summed E-state index contributed by atoms with van der Waals surface area (Å²) in [5.74, 6) is 2.25. The Balaban J connectivity index is 1.04. The predicted octanol–water partition coefficient (Wildman–Crippen LogP) is 7.55. The van der Waals surface area contributed by atoms with Crippen LogP contribution in [0.3, 0.4) is 0 Å². The average molecular weight is 588 g/mol. The number of aromatic nitrogens is 3. The lowest BCUT2D eigenvalue weighted by Gasteiger charge is -2.65. The van der Waals surface area contributed by atoms with Crippen LogP contribution < -0.4 is 4.90 Å². The van der Waals surface area contributed by atoms with Crippen molar-refractivity contribution < 1.29 is 13.7 Å². The quantitative estimate of drug-likeness (QED) is 0.222. The molecule has 2 aromatic carbocycles. The van der Waals surface area contributed by atoms with Gasteiger partial charge < -0.3 is 9.42 Å². The normalized spacial score (nSPS) is 31.6. The molecular formula is C36H34FN5O2. The fourth-order valence-corrected chi connectivity index (χ4v) is 8.93. The number of anilines is 1. The number of halogens is 1. The first-order valence-electron chi connectivity index (χ1n) is 16.1. The van der Waals surface area contributed by atoms with Crippen molar-refractivity contribution in [2.24, 2.45) is 10.8 Å². The van der Waals surface area contributed by atoms with E-state index in [1.807, 2.05) is 47.4 Å². The molecule has 0 radical (unpaired) electrons. The van der Waals surface area contributed by atoms with E-state index >= 15 is 0 Å². The zero-order chi connectivity index (χ0) is 29.7. The Morgan fingerprint density at radius 1 is 1.02 bits per heavy atom. The van der Waals surface area contributed by atoms with Gasteiger partial charge in [-0.2, -0.15) is 10.2 Å². The van der Waals surface area contributed by atoms with Crippen molar-refractivity contribution in [1.29, 1.82) is 5.26 Å². The number of carbonyl (C=O) groups excluding carboxylic acids is 1. The molecule has 0 N–H and O–H groups in total. The van der Waals surface area contributed by atoms with Crippen LogP contribution in [0.1, 0.15) is 93.8 Å². The van der Waals surface area contributed by atoms with E-state index in [0.717, 1.165) is 85.3 Å². The summed E-state index contributed by atoms with van der Waals surface area (Å²) in [6, 6.07) is 18.1. The molecule has 7 saturated carbocycles. The SMILES string of the molecule is N#Cc1ccc(-c2cccc(N(CC34CCC(c5nc(C6CC6)no5)(CC3)CC4)C(=O)C34CC(F)(C3)C4)c2)c2cccnc12. The van der Waals surface area contributed by atoms with Crippen molar-refractivity contribution in [3.05, 3.63) is 72.0 Å². The van der Waals surface area contributed by atoms with Crippen LogP contribution in [0.5, 0.6) is 0 Å². The third kappa shape index (κ3) is 3.84. The second kappa shape index (κ2) is 8.97. The van der Waals surface area contributed by atoms with E-state index in [2.05, 4.69) is 22.3 Å². The lowest BCUT2D eigenvalue weighted by atomic mass is 9.41. The van der Waals surface area contributed by atoms with Crippen LogP contribution >= 0.6 is 0 Å². The van der Waals surface area contributed by atoms with E-state index in [1.54, 1.807) is 6.20 Å². The number of amides is 1. The van der Waals surface area contributed by atoms with Gasteiger partial charge in [-0.05, 0) is 111 Å². The molecule has 0 atom stereocenters. The number of fused-ring (bicyclic) bond motifs is 4. The minimum absolute atomic E-state index is 0.00869. The largest absolute Gasteiger partial charge is 0.339 e. The number of nitrogens with zero attached hydrogens (tertiary/aromatic N) is 5. The molecule has 1 amide bonds. The van der Waals surface area contributed by atoms with E-state index in [-0.39, 0.29) is 16.7 Å². The summed E-state index contributed by atoms with van der Waals surface area (Å²) in [7, 11) is 0. The van der Waals surface area contributed by atoms with Crippen molar-refractivity contribution in [2.45, 2.75) is 87.6 Å². The molecule has 44 heavy (non-hydrogen) atoms. The number of hydrogen-bond donors (Lipinski definition) is 0. The average Bonchev–Trinajstić information content (AvgIpc) is 3.77. The zero-order valence-corrected chi connectivity index (χ0v) is 24.7. The van der Waals surface area contributed by atoms with E-state index in [0.29, 0.717) is 42.8 Å². The fourth-order valence-electron chi connectivity index (χ4n) is 8.93. The Kier molecular flexibility index (Phi) is 5.36. The Morgan fingerprint density at radius 2 is 1.80 bits per heavy atom. The van der Waals surface area contributed by atoms with E-state index in [9.17, 15) is 14.4 Å². The standard InChI is InChI=1S/C36H34FN5O2/c37-36-19-35(20-36,21-36)32(43)42(22-33-10-13-34(14-11-33,15-12-33)31-40-30(41-44-31)23-6-7-23)26-4-1-3-24(17-26)27-9-8-25(18-38)29-28(27)5-2-16-39-29/h1-5,8-9,16-17,23H,6-7,10-15,19-22H2. The van der Waals surface area contributed by atoms with Crippen LogP contribution in [0.15, 0.2) is 59.3 Å². The molecule has 2 aromatic heterocycles. The number of benzene rings is 2. The molecular weight excluding hydrogens is 553 g/mol. The molecule has 7 nitrogen and oxygen atoms in total. The monoisotopic (exact) mass is 587 g/mol. The maximum absolute atomic E-state index is 14.7. The van der Waals surface area contributed by atoms with Crippen molar-refractivity contribution >= 4 is 22.5 Å².